The van der Waals surface area contributed by atoms with Gasteiger partial charge in [-0.3, -0.25) is 14.3 Å². The van der Waals surface area contributed by atoms with E-state index < -0.39 is 5.82 Å². The molecule has 122 valence electrons. The maximum Gasteiger partial charge on any atom is 0.267 e. The molecule has 4 rings (SSSR count). The van der Waals surface area contributed by atoms with E-state index in [2.05, 4.69) is 9.97 Å². The molecule has 0 radical (unpaired) electrons. The highest BCUT2D eigenvalue weighted by Crippen LogP contribution is 2.33. The van der Waals surface area contributed by atoms with Crippen molar-refractivity contribution >= 4 is 22.5 Å². The fourth-order valence-electron chi connectivity index (χ4n) is 2.92. The van der Waals surface area contributed by atoms with Crippen molar-refractivity contribution in [3.8, 4) is 5.69 Å². The van der Waals surface area contributed by atoms with Gasteiger partial charge in [-0.2, -0.15) is 0 Å². The Labute approximate surface area is 142 Å². The van der Waals surface area contributed by atoms with Crippen LogP contribution in [0.1, 0.15) is 24.2 Å². The number of hydrogen-bond acceptors (Lipinski definition) is 3. The van der Waals surface area contributed by atoms with Crippen LogP contribution in [-0.2, 0) is 6.42 Å². The minimum absolute atomic E-state index is 0.281. The third-order valence-corrected chi connectivity index (χ3v) is 4.77. The van der Waals surface area contributed by atoms with Gasteiger partial charge in [-0.1, -0.05) is 17.7 Å². The van der Waals surface area contributed by atoms with Crippen LogP contribution in [0.2, 0.25) is 5.02 Å². The van der Waals surface area contributed by atoms with Crippen molar-refractivity contribution in [1.29, 1.82) is 0 Å². The summed E-state index contributed by atoms with van der Waals surface area (Å²) < 4.78 is 15.4. The Kier molecular flexibility index (Phi) is 3.61. The summed E-state index contributed by atoms with van der Waals surface area (Å²) >= 11 is 6.22. The van der Waals surface area contributed by atoms with Crippen LogP contribution in [0.5, 0.6) is 0 Å². The molecule has 1 aliphatic carbocycles. The second kappa shape index (κ2) is 5.67. The molecule has 2 heterocycles. The average molecular weight is 344 g/mol. The lowest BCUT2D eigenvalue weighted by Gasteiger charge is -2.15. The Balaban J connectivity index is 2.08. The Morgan fingerprint density at radius 2 is 2.12 bits per heavy atom. The minimum atomic E-state index is -0.448. The maximum absolute atomic E-state index is 14.0. The first-order valence-corrected chi connectivity index (χ1v) is 8.24. The molecule has 0 N–H and O–H groups in total. The number of nitrogens with zero attached hydrogens (tertiary/aromatic N) is 3. The molecule has 2 aromatic heterocycles. The quantitative estimate of drug-likeness (QED) is 0.726. The number of fused-ring (bicyclic) bond motifs is 1. The molecule has 0 amide bonds. The van der Waals surface area contributed by atoms with Gasteiger partial charge < -0.3 is 0 Å². The summed E-state index contributed by atoms with van der Waals surface area (Å²) in [5, 5.41) is 0.695. The van der Waals surface area contributed by atoms with E-state index in [1.807, 2.05) is 0 Å². The molecule has 24 heavy (non-hydrogen) atoms. The number of pyridine rings is 1. The minimum Gasteiger partial charge on any atom is -0.268 e. The van der Waals surface area contributed by atoms with Crippen LogP contribution < -0.4 is 5.56 Å². The molecule has 3 aromatic rings. The Bertz CT molecular complexity index is 1010. The molecule has 0 spiro atoms. The molecule has 0 aliphatic heterocycles. The van der Waals surface area contributed by atoms with Crippen LogP contribution >= 0.6 is 11.6 Å². The molecular weight excluding hydrogens is 329 g/mol. The first-order valence-electron chi connectivity index (χ1n) is 7.87. The van der Waals surface area contributed by atoms with Gasteiger partial charge in [-0.15, -0.1) is 0 Å². The zero-order valence-corrected chi connectivity index (χ0v) is 13.8. The van der Waals surface area contributed by atoms with E-state index in [9.17, 15) is 9.18 Å². The number of halogens is 2. The van der Waals surface area contributed by atoms with Crippen molar-refractivity contribution in [2.75, 3.05) is 0 Å². The van der Waals surface area contributed by atoms with Crippen LogP contribution in [0, 0.1) is 18.7 Å². The van der Waals surface area contributed by atoms with Crippen LogP contribution in [0.25, 0.3) is 16.6 Å². The van der Waals surface area contributed by atoms with Crippen LogP contribution in [0.3, 0.4) is 0 Å². The molecule has 0 bridgehead atoms. The number of benzene rings is 1. The van der Waals surface area contributed by atoms with E-state index in [4.69, 9.17) is 11.6 Å². The van der Waals surface area contributed by atoms with Crippen LogP contribution in [0.15, 0.2) is 35.4 Å². The van der Waals surface area contributed by atoms with E-state index in [1.54, 1.807) is 25.1 Å². The van der Waals surface area contributed by atoms with E-state index >= 15 is 0 Å². The molecule has 1 fully saturated rings. The third-order valence-electron chi connectivity index (χ3n) is 4.45. The largest absolute Gasteiger partial charge is 0.268 e. The van der Waals surface area contributed by atoms with Crippen molar-refractivity contribution in [3.05, 3.63) is 63.2 Å². The van der Waals surface area contributed by atoms with Crippen molar-refractivity contribution < 1.29 is 4.39 Å². The Hall–Kier alpha value is -2.27. The Morgan fingerprint density at radius 3 is 2.88 bits per heavy atom. The summed E-state index contributed by atoms with van der Waals surface area (Å²) in [4.78, 5) is 21.7. The molecule has 4 nitrogen and oxygen atoms in total. The third kappa shape index (κ3) is 2.49. The molecule has 1 saturated carbocycles. The predicted octanol–water partition coefficient (Wildman–Crippen LogP) is 3.83. The highest BCUT2D eigenvalue weighted by molar-refractivity contribution is 6.35. The van der Waals surface area contributed by atoms with E-state index in [-0.39, 0.29) is 5.56 Å². The van der Waals surface area contributed by atoms with Crippen molar-refractivity contribution in [3.63, 3.8) is 0 Å². The fourth-order valence-corrected chi connectivity index (χ4v) is 3.17. The van der Waals surface area contributed by atoms with Gasteiger partial charge in [-0.05, 0) is 37.8 Å². The van der Waals surface area contributed by atoms with Gasteiger partial charge in [0.05, 0.1) is 34.0 Å². The summed E-state index contributed by atoms with van der Waals surface area (Å²) in [6, 6.07) is 5.21. The molecule has 0 saturated heterocycles. The topological polar surface area (TPSA) is 47.8 Å². The highest BCUT2D eigenvalue weighted by atomic mass is 35.5. The van der Waals surface area contributed by atoms with Gasteiger partial charge in [0.1, 0.15) is 11.6 Å². The van der Waals surface area contributed by atoms with Crippen LogP contribution in [-0.4, -0.2) is 14.5 Å². The number of aromatic nitrogens is 3. The van der Waals surface area contributed by atoms with Gasteiger partial charge in [0.2, 0.25) is 0 Å². The second-order valence-electron chi connectivity index (χ2n) is 6.22. The standard InChI is InChI=1S/C18H15ClFN3O/c1-10-13(20)8-21-9-15(10)23-16(7-11-5-6-11)22-14-4-2-3-12(19)17(14)18(23)24/h2-4,8-9,11H,5-7H2,1H3. The Morgan fingerprint density at radius 1 is 1.33 bits per heavy atom. The molecular formula is C18H15ClFN3O. The van der Waals surface area contributed by atoms with Crippen molar-refractivity contribution in [2.24, 2.45) is 5.92 Å². The summed E-state index contributed by atoms with van der Waals surface area (Å²) in [6.07, 6.45) is 5.59. The normalized spacial score (nSPS) is 14.3. The smallest absolute Gasteiger partial charge is 0.267 e. The lowest BCUT2D eigenvalue weighted by atomic mass is 10.1. The summed E-state index contributed by atoms with van der Waals surface area (Å²) in [5.41, 5.74) is 1.08. The van der Waals surface area contributed by atoms with Crippen molar-refractivity contribution in [2.45, 2.75) is 26.2 Å². The summed E-state index contributed by atoms with van der Waals surface area (Å²) in [7, 11) is 0. The van der Waals surface area contributed by atoms with Crippen molar-refractivity contribution in [1.82, 2.24) is 14.5 Å². The van der Waals surface area contributed by atoms with E-state index in [1.165, 1.54) is 10.8 Å². The summed E-state index contributed by atoms with van der Waals surface area (Å²) in [5.74, 6) is 0.713. The highest BCUT2D eigenvalue weighted by Gasteiger charge is 2.26. The first kappa shape index (κ1) is 15.3. The van der Waals surface area contributed by atoms with Gasteiger partial charge in [0.25, 0.3) is 5.56 Å². The average Bonchev–Trinajstić information content (AvgIpc) is 3.35. The fraction of sp³-hybridized carbons (Fsp3) is 0.278. The first-order chi connectivity index (χ1) is 11.6. The van der Waals surface area contributed by atoms with Gasteiger partial charge in [0.15, 0.2) is 0 Å². The predicted molar refractivity (Wildman–Crippen MR) is 91.3 cm³/mol. The molecule has 0 atom stereocenters. The molecule has 1 aliphatic rings. The van der Waals surface area contributed by atoms with E-state index in [0.717, 1.165) is 19.0 Å². The molecule has 6 heteroatoms. The maximum atomic E-state index is 14.0. The summed E-state index contributed by atoms with van der Waals surface area (Å²) in [6.45, 7) is 1.64. The van der Waals surface area contributed by atoms with Gasteiger partial charge in [0, 0.05) is 12.0 Å². The SMILES string of the molecule is Cc1c(F)cncc1-n1c(CC2CC2)nc2cccc(Cl)c2c1=O. The lowest BCUT2D eigenvalue weighted by Crippen LogP contribution is -2.25. The van der Waals surface area contributed by atoms with E-state index in [0.29, 0.717) is 45.3 Å². The number of hydrogen-bond donors (Lipinski definition) is 0. The molecule has 0 unspecified atom stereocenters. The molecule has 1 aromatic carbocycles. The monoisotopic (exact) mass is 343 g/mol. The van der Waals surface area contributed by atoms with Gasteiger partial charge >= 0.3 is 0 Å². The zero-order chi connectivity index (χ0) is 16.8. The second-order valence-corrected chi connectivity index (χ2v) is 6.62. The number of rotatable bonds is 3. The van der Waals surface area contributed by atoms with Crippen LogP contribution in [0.4, 0.5) is 4.39 Å². The lowest BCUT2D eigenvalue weighted by molar-refractivity contribution is 0.607. The zero-order valence-electron chi connectivity index (χ0n) is 13.1. The van der Waals surface area contributed by atoms with Gasteiger partial charge in [-0.25, -0.2) is 9.37 Å².